The van der Waals surface area contributed by atoms with Crippen LogP contribution in [0, 0.1) is 0 Å². The van der Waals surface area contributed by atoms with Crippen LogP contribution in [0.1, 0.15) is 57.3 Å². The van der Waals surface area contributed by atoms with E-state index in [1.807, 2.05) is 134 Å². The van der Waals surface area contributed by atoms with Gasteiger partial charge in [-0.1, -0.05) is 91.0 Å². The third-order valence-corrected chi connectivity index (χ3v) is 25.8. The predicted molar refractivity (Wildman–Crippen MR) is 578 cm³/mol. The summed E-state index contributed by atoms with van der Waals surface area (Å²) in [6, 6.07) is 42.1. The van der Waals surface area contributed by atoms with Crippen LogP contribution in [0.2, 0.25) is 0 Å². The van der Waals surface area contributed by atoms with Gasteiger partial charge < -0.3 is 117 Å². The number of nitrogens with one attached hydrogen (secondary N) is 10. The number of nitrogens with two attached hydrogens (primary N) is 2. The SMILES string of the molecule is COCCN(CC(=O)N(CCCN)CC(=O)N(CCc1c[nH]c2c(-c3ccc(CN(CC(=O)NCCS)C(=O)CN(CCOC)C(=O)CN(CCCN)C(=O)CNCCc4c[nH]c5cc(-c6ccc(CNCC(=O)N(CCc7c[nH]c8ccccc78)CC(=O)N(CC(=O)N(CCc7c[nH]c8ccccc78)CC(=O)NCCS)Cc7cccnc7)cn6)ccc45)cn3)cccc12)CC(=O)NCCS)C(=O)CNCc1cccnc1. The fraction of sp³-hybridized carbons (Fsp3) is 0.396. The number of nitrogens with zero attached hydrogens (tertiary/aromatic N) is 13. The van der Waals surface area contributed by atoms with Crippen LogP contribution in [-0.2, 0) is 119 Å². The zero-order valence-electron chi connectivity index (χ0n) is 83.8. The van der Waals surface area contributed by atoms with Crippen LogP contribution < -0.4 is 43.4 Å². The molecule has 148 heavy (non-hydrogen) atoms. The van der Waals surface area contributed by atoms with E-state index in [0.29, 0.717) is 97.9 Å². The van der Waals surface area contributed by atoms with Gasteiger partial charge in [0.15, 0.2) is 0 Å². The van der Waals surface area contributed by atoms with E-state index in [-0.39, 0.29) is 200 Å². The number of pyridine rings is 4. The summed E-state index contributed by atoms with van der Waals surface area (Å²) in [6.07, 6.45) is 19.9. The second kappa shape index (κ2) is 59.8. The summed E-state index contributed by atoms with van der Waals surface area (Å²) in [5.74, 6) is -4.15. The third kappa shape index (κ3) is 34.3. The molecule has 0 saturated heterocycles. The van der Waals surface area contributed by atoms with Crippen molar-refractivity contribution < 1.29 is 67.0 Å². The van der Waals surface area contributed by atoms with Crippen LogP contribution in [0.15, 0.2) is 195 Å². The van der Waals surface area contributed by atoms with Crippen molar-refractivity contribution in [3.63, 3.8) is 0 Å². The number of aromatic nitrogens is 8. The summed E-state index contributed by atoms with van der Waals surface area (Å²) >= 11 is 12.8. The zero-order chi connectivity index (χ0) is 105. The number of hydrogen-bond donors (Lipinski definition) is 15. The lowest BCUT2D eigenvalue weighted by Gasteiger charge is -2.30. The van der Waals surface area contributed by atoms with Crippen LogP contribution in [0.3, 0.4) is 0 Å². The van der Waals surface area contributed by atoms with Gasteiger partial charge in [0.2, 0.25) is 70.9 Å². The Morgan fingerprint density at radius 1 is 0.345 bits per heavy atom. The van der Waals surface area contributed by atoms with Crippen LogP contribution in [-0.4, -0.2) is 363 Å². The van der Waals surface area contributed by atoms with Crippen molar-refractivity contribution in [2.45, 2.75) is 64.7 Å². The average molecular weight is 2080 g/mol. The molecule has 39 nitrogen and oxygen atoms in total. The molecule has 0 unspecified atom stereocenters. The van der Waals surface area contributed by atoms with Crippen LogP contribution in [0.4, 0.5) is 0 Å². The van der Waals surface area contributed by atoms with Crippen molar-refractivity contribution in [2.75, 3.05) is 208 Å². The smallest absolute Gasteiger partial charge is 0.242 e. The molecule has 0 radical (unpaired) electrons. The lowest BCUT2D eigenvalue weighted by Crippen LogP contribution is -2.51. The summed E-state index contributed by atoms with van der Waals surface area (Å²) in [5.41, 5.74) is 24.9. The topological polar surface area (TPSA) is 491 Å². The fourth-order valence-corrected chi connectivity index (χ4v) is 17.5. The minimum absolute atomic E-state index is 0.0122. The highest BCUT2D eigenvalue weighted by molar-refractivity contribution is 7.80. The number of hydrogen-bond acceptors (Lipinski definition) is 26. The maximum Gasteiger partial charge on any atom is 0.242 e. The van der Waals surface area contributed by atoms with E-state index in [9.17, 15) is 57.5 Å². The Kier molecular flexibility index (Phi) is 45.5. The second-order valence-corrected chi connectivity index (χ2v) is 37.1. The van der Waals surface area contributed by atoms with E-state index < -0.39 is 53.8 Å². The quantitative estimate of drug-likeness (QED) is 0.0184. The second-order valence-electron chi connectivity index (χ2n) is 35.7. The number of para-hydroxylation sites is 3. The summed E-state index contributed by atoms with van der Waals surface area (Å²) in [6.45, 7) is -0.208. The van der Waals surface area contributed by atoms with Gasteiger partial charge in [-0.25, -0.2) is 0 Å². The molecule has 4 aromatic carbocycles. The van der Waals surface area contributed by atoms with Crippen LogP contribution >= 0.6 is 37.9 Å². The molecule has 42 heteroatoms. The van der Waals surface area contributed by atoms with E-state index >= 15 is 0 Å². The van der Waals surface area contributed by atoms with Crippen molar-refractivity contribution in [3.05, 3.63) is 240 Å². The molecule has 0 aliphatic carbocycles. The van der Waals surface area contributed by atoms with E-state index in [1.54, 1.807) is 61.4 Å². The molecule has 0 spiro atoms. The molecule has 8 aromatic heterocycles. The number of methoxy groups -OCH3 is 2. The molecule has 786 valence electrons. The van der Waals surface area contributed by atoms with Crippen molar-refractivity contribution in [1.29, 1.82) is 0 Å². The van der Waals surface area contributed by atoms with Crippen LogP contribution in [0.25, 0.3) is 66.1 Å². The summed E-state index contributed by atoms with van der Waals surface area (Å²) < 4.78 is 10.7. The Labute approximate surface area is 876 Å². The number of carbonyl (C=O) groups is 12. The van der Waals surface area contributed by atoms with Crippen molar-refractivity contribution in [3.8, 4) is 22.5 Å². The maximum atomic E-state index is 14.9. The first-order valence-electron chi connectivity index (χ1n) is 49.6. The highest BCUT2D eigenvalue weighted by Crippen LogP contribution is 2.31. The molecule has 12 amide bonds. The Bertz CT molecular complexity index is 6350. The number of thiol groups is 3. The van der Waals surface area contributed by atoms with E-state index in [4.69, 9.17) is 30.9 Å². The monoisotopic (exact) mass is 2080 g/mol. The minimum atomic E-state index is -0.561. The fourth-order valence-electron chi connectivity index (χ4n) is 17.2. The first-order chi connectivity index (χ1) is 72.0. The molecule has 8 heterocycles. The van der Waals surface area contributed by atoms with Gasteiger partial charge in [0, 0.05) is 234 Å². The average Bonchev–Trinajstić information content (AvgIpc) is 1.32. The first-order valence-corrected chi connectivity index (χ1v) is 51.5. The molecule has 0 aliphatic rings. The Morgan fingerprint density at radius 2 is 0.730 bits per heavy atom. The summed E-state index contributed by atoms with van der Waals surface area (Å²) in [7, 11) is 2.96. The lowest BCUT2D eigenvalue weighted by molar-refractivity contribution is -0.145. The summed E-state index contributed by atoms with van der Waals surface area (Å²) in [4.78, 5) is 214. The Balaban J connectivity index is 0.636. The van der Waals surface area contributed by atoms with Gasteiger partial charge in [0.25, 0.3) is 0 Å². The Hall–Kier alpha value is -14.0. The van der Waals surface area contributed by atoms with Gasteiger partial charge in [0.1, 0.15) is 6.54 Å². The molecule has 0 bridgehead atoms. The number of ether oxygens (including phenoxy) is 2. The van der Waals surface area contributed by atoms with Crippen LogP contribution in [0.5, 0.6) is 0 Å². The molecular weight excluding hydrogens is 1940 g/mol. The number of benzene rings is 4. The van der Waals surface area contributed by atoms with Gasteiger partial charge in [-0.15, -0.1) is 0 Å². The number of fused-ring (bicyclic) bond motifs is 4. The normalized spacial score (nSPS) is 11.3. The molecule has 0 fully saturated rings. The molecule has 0 saturated carbocycles. The van der Waals surface area contributed by atoms with E-state index in [1.165, 1.54) is 58.3 Å². The van der Waals surface area contributed by atoms with E-state index in [0.717, 1.165) is 88.1 Å². The highest BCUT2D eigenvalue weighted by atomic mass is 32.1. The third-order valence-electron chi connectivity index (χ3n) is 25.2. The van der Waals surface area contributed by atoms with Gasteiger partial charge in [-0.3, -0.25) is 77.5 Å². The molecule has 12 rings (SSSR count). The van der Waals surface area contributed by atoms with Crippen molar-refractivity contribution in [2.24, 2.45) is 11.5 Å². The standard InChI is InChI=1S/C106H135N25O14S3/c1-144-45-43-128(99(137)63-112-52-75-12-8-32-109-51-75)71-100(138)124(39-11-31-108)70-101(139)125(66-94(132)114-35-47-146)41-29-83-60-122-106-87(83)16-7-17-88(106)92-25-21-78(56-118-92)65-130(68-96(134)116-37-49-148)104(142)73-129(44-46-145-2)102(140)69-123(38-10-30-107)97(135)61-111-34-26-80-57-121-93-50-79(22-23-86(80)93)89-24-20-76(55-117-89)53-113-62-98(136)127(42-28-82-59-120-91-19-6-4-15-85(82)91)72-105(143)131(64-77-13-9-33-110-54-77)74-103(141)126(67-95(133)115-36-48-147)40-27-81-58-119-90-18-5-3-14-84(81)90/h3-9,12-25,32-33,50-51,54-60,111-113,119-122,146-148H,10-11,26-31,34-49,52-53,61-74,107-108H2,1-2H3,(H,114,132)(H,115,133)(H,116,134). The van der Waals surface area contributed by atoms with Gasteiger partial charge >= 0.3 is 0 Å². The predicted octanol–water partition coefficient (Wildman–Crippen LogP) is 4.55. The number of carbonyl (C=O) groups excluding carboxylic acids is 12. The highest BCUT2D eigenvalue weighted by Gasteiger charge is 2.32. The van der Waals surface area contributed by atoms with Gasteiger partial charge in [-0.2, -0.15) is 37.9 Å². The molecular formula is C106H135N25O14S3. The lowest BCUT2D eigenvalue weighted by atomic mass is 10.0. The first kappa shape index (κ1) is 113. The number of H-pyrrole nitrogens is 4. The summed E-state index contributed by atoms with van der Waals surface area (Å²) in [5, 5.41) is 21.8. The van der Waals surface area contributed by atoms with Gasteiger partial charge in [-0.05, 0) is 145 Å². The Morgan fingerprint density at radius 3 is 1.22 bits per heavy atom. The minimum Gasteiger partial charge on any atom is -0.383 e. The largest absolute Gasteiger partial charge is 0.383 e. The molecule has 0 aliphatic heterocycles. The van der Waals surface area contributed by atoms with Crippen molar-refractivity contribution >= 4 is 152 Å². The molecule has 12 aromatic rings. The molecule has 14 N–H and O–H groups in total. The van der Waals surface area contributed by atoms with E-state index in [2.05, 4.69) is 99.7 Å². The number of rotatable bonds is 64. The zero-order valence-corrected chi connectivity index (χ0v) is 86.5. The number of amides is 12. The number of aromatic amines is 4. The van der Waals surface area contributed by atoms with Crippen molar-refractivity contribution in [1.82, 2.24) is 116 Å². The van der Waals surface area contributed by atoms with Gasteiger partial charge in [0.05, 0.1) is 102 Å². The maximum absolute atomic E-state index is 14.9. The molecule has 0 atom stereocenters.